The van der Waals surface area contributed by atoms with Crippen molar-refractivity contribution >= 4 is 21.8 Å². The lowest BCUT2D eigenvalue weighted by atomic mass is 10.0. The zero-order chi connectivity index (χ0) is 30.4. The van der Waals surface area contributed by atoms with Gasteiger partial charge in [-0.25, -0.2) is 14.1 Å². The first kappa shape index (κ1) is 27.6. The van der Waals surface area contributed by atoms with Gasteiger partial charge in [-0.05, 0) is 98.5 Å². The maximum atomic E-state index is 14.4. The standard InChI is InChI=1S/C38H33FN4O/c1-5-9-27-19-30(43-26(4)38(25(3)41-43)28-10-7-6-8-11-28)22-32(20-27)44-31-13-14-33-34-21-29(39)12-15-35(34)42(36(33)23-31)37-18-24(2)16-17-40-37/h6-8,10-23H,5,9H2,1-4H3. The molecule has 0 saturated heterocycles. The smallest absolute Gasteiger partial charge is 0.137 e. The average molecular weight is 581 g/mol. The van der Waals surface area contributed by atoms with Crippen molar-refractivity contribution in [3.63, 3.8) is 0 Å². The summed E-state index contributed by atoms with van der Waals surface area (Å²) < 4.78 is 25.1. The van der Waals surface area contributed by atoms with E-state index >= 15 is 0 Å². The van der Waals surface area contributed by atoms with Gasteiger partial charge in [-0.1, -0.05) is 43.7 Å². The van der Waals surface area contributed by atoms with Crippen molar-refractivity contribution < 1.29 is 9.13 Å². The first-order valence-corrected chi connectivity index (χ1v) is 15.0. The third kappa shape index (κ3) is 4.92. The molecule has 0 amide bonds. The van der Waals surface area contributed by atoms with E-state index < -0.39 is 0 Å². The molecule has 0 N–H and O–H groups in total. The van der Waals surface area contributed by atoms with Gasteiger partial charge < -0.3 is 4.74 Å². The van der Waals surface area contributed by atoms with Crippen LogP contribution in [0, 0.1) is 26.6 Å². The number of halogens is 1. The molecule has 0 atom stereocenters. The highest BCUT2D eigenvalue weighted by atomic mass is 19.1. The number of aromatic nitrogens is 4. The average Bonchev–Trinajstić information content (AvgIpc) is 3.49. The molecule has 7 rings (SSSR count). The van der Waals surface area contributed by atoms with Gasteiger partial charge in [-0.3, -0.25) is 4.57 Å². The number of nitrogens with zero attached hydrogens (tertiary/aromatic N) is 4. The Labute approximate surface area is 256 Å². The van der Waals surface area contributed by atoms with Crippen molar-refractivity contribution in [3.8, 4) is 34.1 Å². The molecular formula is C38H33FN4O. The number of hydrogen-bond donors (Lipinski definition) is 0. The van der Waals surface area contributed by atoms with E-state index in [1.807, 2.05) is 60.1 Å². The summed E-state index contributed by atoms with van der Waals surface area (Å²) in [5.74, 6) is 1.93. The minimum Gasteiger partial charge on any atom is -0.457 e. The zero-order valence-corrected chi connectivity index (χ0v) is 25.3. The van der Waals surface area contributed by atoms with Gasteiger partial charge in [0.2, 0.25) is 0 Å². The molecule has 0 unspecified atom stereocenters. The molecule has 0 fully saturated rings. The number of ether oxygens (including phenoxy) is 1. The maximum absolute atomic E-state index is 14.4. The van der Waals surface area contributed by atoms with E-state index in [4.69, 9.17) is 9.84 Å². The molecule has 5 nitrogen and oxygen atoms in total. The highest BCUT2D eigenvalue weighted by Crippen LogP contribution is 2.36. The number of benzene rings is 4. The summed E-state index contributed by atoms with van der Waals surface area (Å²) in [6, 6.07) is 31.6. The van der Waals surface area contributed by atoms with Gasteiger partial charge in [0.15, 0.2) is 0 Å². The summed E-state index contributed by atoms with van der Waals surface area (Å²) in [7, 11) is 0. The van der Waals surface area contributed by atoms with Crippen LogP contribution in [0.3, 0.4) is 0 Å². The highest BCUT2D eigenvalue weighted by Gasteiger charge is 2.18. The molecule has 3 heterocycles. The Morgan fingerprint density at radius 3 is 2.41 bits per heavy atom. The van der Waals surface area contributed by atoms with Gasteiger partial charge in [0, 0.05) is 40.4 Å². The molecule has 7 aromatic rings. The van der Waals surface area contributed by atoms with Gasteiger partial charge in [-0.2, -0.15) is 5.10 Å². The fraction of sp³-hybridized carbons (Fsp3) is 0.158. The number of aryl methyl sites for hydroxylation is 3. The molecule has 218 valence electrons. The van der Waals surface area contributed by atoms with Crippen molar-refractivity contribution in [1.82, 2.24) is 19.3 Å². The first-order chi connectivity index (χ1) is 21.4. The van der Waals surface area contributed by atoms with Crippen LogP contribution in [0.15, 0.2) is 103 Å². The molecule has 0 aliphatic rings. The largest absolute Gasteiger partial charge is 0.457 e. The molecule has 0 aliphatic heterocycles. The topological polar surface area (TPSA) is 44.9 Å². The summed E-state index contributed by atoms with van der Waals surface area (Å²) in [5, 5.41) is 6.72. The van der Waals surface area contributed by atoms with Crippen LogP contribution in [0.4, 0.5) is 4.39 Å². The van der Waals surface area contributed by atoms with Crippen LogP contribution in [0.5, 0.6) is 11.5 Å². The molecule has 3 aromatic heterocycles. The van der Waals surface area contributed by atoms with Crippen LogP contribution in [0.25, 0.3) is 44.4 Å². The highest BCUT2D eigenvalue weighted by molar-refractivity contribution is 6.09. The Hall–Kier alpha value is -5.23. The Balaban J connectivity index is 1.34. The van der Waals surface area contributed by atoms with Crippen LogP contribution in [0.2, 0.25) is 0 Å². The predicted molar refractivity (Wildman–Crippen MR) is 176 cm³/mol. The SMILES string of the molecule is CCCc1cc(Oc2ccc3c4cc(F)ccc4n(-c4cc(C)ccn4)c3c2)cc(-n2nc(C)c(-c3ccccc3)c2C)c1. The van der Waals surface area contributed by atoms with Crippen LogP contribution >= 0.6 is 0 Å². The number of fused-ring (bicyclic) bond motifs is 3. The second-order valence-electron chi connectivity index (χ2n) is 11.4. The Kier molecular flexibility index (Phi) is 6.97. The Bertz CT molecular complexity index is 2160. The summed E-state index contributed by atoms with van der Waals surface area (Å²) in [6.45, 7) is 8.39. The van der Waals surface area contributed by atoms with E-state index in [1.165, 1.54) is 11.6 Å². The van der Waals surface area contributed by atoms with Gasteiger partial charge in [0.05, 0.1) is 22.4 Å². The van der Waals surface area contributed by atoms with Crippen molar-refractivity contribution in [3.05, 3.63) is 132 Å². The lowest BCUT2D eigenvalue weighted by Gasteiger charge is -2.13. The minimum atomic E-state index is -0.270. The van der Waals surface area contributed by atoms with Crippen molar-refractivity contribution in [1.29, 1.82) is 0 Å². The Morgan fingerprint density at radius 2 is 1.61 bits per heavy atom. The van der Waals surface area contributed by atoms with Gasteiger partial charge >= 0.3 is 0 Å². The van der Waals surface area contributed by atoms with E-state index in [0.29, 0.717) is 5.75 Å². The monoisotopic (exact) mass is 580 g/mol. The van der Waals surface area contributed by atoms with Gasteiger partial charge in [-0.15, -0.1) is 0 Å². The second kappa shape index (κ2) is 11.1. The second-order valence-corrected chi connectivity index (χ2v) is 11.4. The number of hydrogen-bond acceptors (Lipinski definition) is 3. The van der Waals surface area contributed by atoms with Gasteiger partial charge in [0.25, 0.3) is 0 Å². The normalized spacial score (nSPS) is 11.5. The number of rotatable bonds is 7. The molecule has 4 aromatic carbocycles. The quantitative estimate of drug-likeness (QED) is 0.188. The third-order valence-electron chi connectivity index (χ3n) is 8.15. The van der Waals surface area contributed by atoms with E-state index in [0.717, 1.165) is 80.0 Å². The fourth-order valence-electron chi connectivity index (χ4n) is 6.24. The number of pyridine rings is 1. The minimum absolute atomic E-state index is 0.270. The van der Waals surface area contributed by atoms with Crippen molar-refractivity contribution in [2.45, 2.75) is 40.5 Å². The van der Waals surface area contributed by atoms with Crippen LogP contribution in [-0.4, -0.2) is 19.3 Å². The molecule has 0 radical (unpaired) electrons. The summed E-state index contributed by atoms with van der Waals surface area (Å²) in [5.41, 5.74) is 9.40. The summed E-state index contributed by atoms with van der Waals surface area (Å²) in [6.07, 6.45) is 3.74. The fourth-order valence-corrected chi connectivity index (χ4v) is 6.24. The van der Waals surface area contributed by atoms with E-state index in [1.54, 1.807) is 12.3 Å². The molecule has 0 aliphatic carbocycles. The molecular weight excluding hydrogens is 547 g/mol. The predicted octanol–water partition coefficient (Wildman–Crippen LogP) is 9.84. The lowest BCUT2D eigenvalue weighted by Crippen LogP contribution is -2.01. The lowest BCUT2D eigenvalue weighted by molar-refractivity contribution is 0.482. The zero-order valence-electron chi connectivity index (χ0n) is 25.3. The Morgan fingerprint density at radius 1 is 0.773 bits per heavy atom. The third-order valence-corrected chi connectivity index (χ3v) is 8.15. The van der Waals surface area contributed by atoms with Gasteiger partial charge in [0.1, 0.15) is 23.1 Å². The maximum Gasteiger partial charge on any atom is 0.137 e. The summed E-state index contributed by atoms with van der Waals surface area (Å²) >= 11 is 0. The van der Waals surface area contributed by atoms with E-state index in [2.05, 4.69) is 66.7 Å². The van der Waals surface area contributed by atoms with E-state index in [-0.39, 0.29) is 5.82 Å². The van der Waals surface area contributed by atoms with Crippen LogP contribution < -0.4 is 4.74 Å². The molecule has 0 bridgehead atoms. The molecule has 0 spiro atoms. The first-order valence-electron chi connectivity index (χ1n) is 15.0. The molecule has 44 heavy (non-hydrogen) atoms. The summed E-state index contributed by atoms with van der Waals surface area (Å²) in [4.78, 5) is 4.65. The van der Waals surface area contributed by atoms with Crippen molar-refractivity contribution in [2.24, 2.45) is 0 Å². The van der Waals surface area contributed by atoms with Crippen molar-refractivity contribution in [2.75, 3.05) is 0 Å². The van der Waals surface area contributed by atoms with Crippen LogP contribution in [-0.2, 0) is 6.42 Å². The molecule has 0 saturated carbocycles. The molecule has 6 heteroatoms. The van der Waals surface area contributed by atoms with E-state index in [9.17, 15) is 4.39 Å². The van der Waals surface area contributed by atoms with Crippen LogP contribution in [0.1, 0.15) is 35.9 Å².